The zero-order chi connectivity index (χ0) is 13.7. The normalized spacial score (nSPS) is 20.3. The predicted molar refractivity (Wildman–Crippen MR) is 78.0 cm³/mol. The second kappa shape index (κ2) is 6.80. The lowest BCUT2D eigenvalue weighted by Gasteiger charge is -2.36. The van der Waals surface area contributed by atoms with Gasteiger partial charge in [0.15, 0.2) is 0 Å². The number of nitrogens with zero attached hydrogens (tertiary/aromatic N) is 1. The van der Waals surface area contributed by atoms with Crippen molar-refractivity contribution in [2.24, 2.45) is 0 Å². The van der Waals surface area contributed by atoms with E-state index in [0.29, 0.717) is 6.04 Å². The number of ether oxygens (including phenoxy) is 2. The Morgan fingerprint density at radius 2 is 2.05 bits per heavy atom. The molecule has 0 bridgehead atoms. The maximum absolute atomic E-state index is 5.54. The highest BCUT2D eigenvalue weighted by Crippen LogP contribution is 2.37. The van der Waals surface area contributed by atoms with E-state index in [9.17, 15) is 0 Å². The van der Waals surface area contributed by atoms with Gasteiger partial charge in [0.25, 0.3) is 0 Å². The number of benzene rings is 1. The topological polar surface area (TPSA) is 21.7 Å². The summed E-state index contributed by atoms with van der Waals surface area (Å²) in [5, 5.41) is 0. The van der Waals surface area contributed by atoms with Crippen LogP contribution in [0.15, 0.2) is 18.2 Å². The Morgan fingerprint density at radius 1 is 1.21 bits per heavy atom. The van der Waals surface area contributed by atoms with Gasteiger partial charge in [0.2, 0.25) is 0 Å². The second-order valence-electron chi connectivity index (χ2n) is 5.16. The highest BCUT2D eigenvalue weighted by Gasteiger charge is 2.26. The molecule has 0 N–H and O–H groups in total. The fourth-order valence-electron chi connectivity index (χ4n) is 3.00. The molecule has 1 saturated heterocycles. The van der Waals surface area contributed by atoms with Gasteiger partial charge in [-0.2, -0.15) is 0 Å². The van der Waals surface area contributed by atoms with E-state index in [2.05, 4.69) is 17.9 Å². The Balaban J connectivity index is 2.30. The zero-order valence-corrected chi connectivity index (χ0v) is 12.3. The molecule has 3 heteroatoms. The van der Waals surface area contributed by atoms with E-state index in [1.54, 1.807) is 14.2 Å². The summed E-state index contributed by atoms with van der Waals surface area (Å²) in [6.07, 6.45) is 5.01. The molecule has 1 aliphatic rings. The SMILES string of the molecule is CCCN1CCCCC1c1cc(OC)ccc1OC. The van der Waals surface area contributed by atoms with Crippen LogP contribution in [0, 0.1) is 0 Å². The van der Waals surface area contributed by atoms with Crippen LogP contribution in [-0.2, 0) is 0 Å². The minimum atomic E-state index is 0.471. The van der Waals surface area contributed by atoms with E-state index in [1.165, 1.54) is 37.8 Å². The molecule has 1 aromatic carbocycles. The van der Waals surface area contributed by atoms with Crippen LogP contribution < -0.4 is 9.47 Å². The molecule has 106 valence electrons. The van der Waals surface area contributed by atoms with Crippen molar-refractivity contribution >= 4 is 0 Å². The van der Waals surface area contributed by atoms with Crippen molar-refractivity contribution in [1.29, 1.82) is 0 Å². The highest BCUT2D eigenvalue weighted by atomic mass is 16.5. The fraction of sp³-hybridized carbons (Fsp3) is 0.625. The summed E-state index contributed by atoms with van der Waals surface area (Å²) in [7, 11) is 3.47. The van der Waals surface area contributed by atoms with E-state index in [4.69, 9.17) is 9.47 Å². The Hall–Kier alpha value is -1.22. The van der Waals surface area contributed by atoms with Crippen molar-refractivity contribution in [3.63, 3.8) is 0 Å². The molecule has 19 heavy (non-hydrogen) atoms. The Kier molecular flexibility index (Phi) is 5.08. The second-order valence-corrected chi connectivity index (χ2v) is 5.16. The Bertz CT molecular complexity index is 404. The van der Waals surface area contributed by atoms with Crippen molar-refractivity contribution in [2.75, 3.05) is 27.3 Å². The molecule has 1 aromatic rings. The molecule has 0 aromatic heterocycles. The van der Waals surface area contributed by atoms with Crippen molar-refractivity contribution in [3.8, 4) is 11.5 Å². The van der Waals surface area contributed by atoms with Crippen LogP contribution in [-0.4, -0.2) is 32.2 Å². The molecule has 1 heterocycles. The van der Waals surface area contributed by atoms with E-state index >= 15 is 0 Å². The maximum atomic E-state index is 5.54. The molecule has 2 rings (SSSR count). The zero-order valence-electron chi connectivity index (χ0n) is 12.3. The third-order valence-electron chi connectivity index (χ3n) is 3.92. The van der Waals surface area contributed by atoms with Gasteiger partial charge in [-0.3, -0.25) is 4.90 Å². The molecule has 0 radical (unpaired) electrons. The van der Waals surface area contributed by atoms with Gasteiger partial charge in [-0.05, 0) is 50.6 Å². The minimum absolute atomic E-state index is 0.471. The van der Waals surface area contributed by atoms with Gasteiger partial charge in [0.05, 0.1) is 14.2 Å². The minimum Gasteiger partial charge on any atom is -0.497 e. The van der Waals surface area contributed by atoms with E-state index < -0.39 is 0 Å². The van der Waals surface area contributed by atoms with Crippen molar-refractivity contribution < 1.29 is 9.47 Å². The number of piperidine rings is 1. The summed E-state index contributed by atoms with van der Waals surface area (Å²) < 4.78 is 10.9. The van der Waals surface area contributed by atoms with Crippen LogP contribution in [0.1, 0.15) is 44.2 Å². The molecule has 1 aliphatic heterocycles. The van der Waals surface area contributed by atoms with Crippen LogP contribution in [0.4, 0.5) is 0 Å². The number of hydrogen-bond donors (Lipinski definition) is 0. The molecule has 1 unspecified atom stereocenters. The van der Waals surface area contributed by atoms with Crippen molar-refractivity contribution in [2.45, 2.75) is 38.6 Å². The molecular weight excluding hydrogens is 238 g/mol. The summed E-state index contributed by atoms with van der Waals surface area (Å²) in [6.45, 7) is 4.60. The number of rotatable bonds is 5. The molecule has 0 saturated carbocycles. The lowest BCUT2D eigenvalue weighted by atomic mass is 9.94. The monoisotopic (exact) mass is 263 g/mol. The van der Waals surface area contributed by atoms with Crippen LogP contribution in [0.25, 0.3) is 0 Å². The van der Waals surface area contributed by atoms with Crippen molar-refractivity contribution in [3.05, 3.63) is 23.8 Å². The fourth-order valence-corrected chi connectivity index (χ4v) is 3.00. The predicted octanol–water partition coefficient (Wildman–Crippen LogP) is 3.64. The molecule has 0 amide bonds. The average molecular weight is 263 g/mol. The molecule has 0 spiro atoms. The number of methoxy groups -OCH3 is 2. The van der Waals surface area contributed by atoms with Gasteiger partial charge in [-0.25, -0.2) is 0 Å². The first-order valence-electron chi connectivity index (χ1n) is 7.26. The van der Waals surface area contributed by atoms with Crippen LogP contribution in [0.5, 0.6) is 11.5 Å². The van der Waals surface area contributed by atoms with Gasteiger partial charge >= 0.3 is 0 Å². The average Bonchev–Trinajstić information content (AvgIpc) is 2.47. The summed E-state index contributed by atoms with van der Waals surface area (Å²) in [5.41, 5.74) is 1.27. The van der Waals surface area contributed by atoms with Crippen LogP contribution >= 0.6 is 0 Å². The molecular formula is C16H25NO2. The molecule has 1 atom stereocenters. The van der Waals surface area contributed by atoms with Gasteiger partial charge in [-0.15, -0.1) is 0 Å². The van der Waals surface area contributed by atoms with Gasteiger partial charge in [0.1, 0.15) is 11.5 Å². The summed E-state index contributed by atoms with van der Waals surface area (Å²) in [4.78, 5) is 2.58. The first-order valence-corrected chi connectivity index (χ1v) is 7.26. The highest BCUT2D eigenvalue weighted by molar-refractivity contribution is 5.42. The largest absolute Gasteiger partial charge is 0.497 e. The lowest BCUT2D eigenvalue weighted by Crippen LogP contribution is -2.34. The van der Waals surface area contributed by atoms with Crippen LogP contribution in [0.2, 0.25) is 0 Å². The van der Waals surface area contributed by atoms with E-state index in [0.717, 1.165) is 18.0 Å². The third kappa shape index (κ3) is 3.21. The number of hydrogen-bond acceptors (Lipinski definition) is 3. The maximum Gasteiger partial charge on any atom is 0.123 e. The van der Waals surface area contributed by atoms with E-state index in [-0.39, 0.29) is 0 Å². The van der Waals surface area contributed by atoms with Crippen molar-refractivity contribution in [1.82, 2.24) is 4.90 Å². The first kappa shape index (κ1) is 14.2. The Labute approximate surface area is 116 Å². The Morgan fingerprint density at radius 3 is 2.74 bits per heavy atom. The summed E-state index contributed by atoms with van der Waals surface area (Å²) in [6, 6.07) is 6.60. The van der Waals surface area contributed by atoms with Gasteiger partial charge in [0, 0.05) is 11.6 Å². The van der Waals surface area contributed by atoms with E-state index in [1.807, 2.05) is 12.1 Å². The quantitative estimate of drug-likeness (QED) is 0.809. The van der Waals surface area contributed by atoms with Crippen LogP contribution in [0.3, 0.4) is 0 Å². The number of likely N-dealkylation sites (tertiary alicyclic amines) is 1. The smallest absolute Gasteiger partial charge is 0.123 e. The lowest BCUT2D eigenvalue weighted by molar-refractivity contribution is 0.146. The molecule has 0 aliphatic carbocycles. The standard InChI is InChI=1S/C16H25NO2/c1-4-10-17-11-6-5-7-15(17)14-12-13(18-2)8-9-16(14)19-3/h8-9,12,15H,4-7,10-11H2,1-3H3. The third-order valence-corrected chi connectivity index (χ3v) is 3.92. The molecule has 1 fully saturated rings. The molecule has 3 nitrogen and oxygen atoms in total. The van der Waals surface area contributed by atoms with Gasteiger partial charge in [-0.1, -0.05) is 13.3 Å². The van der Waals surface area contributed by atoms with Gasteiger partial charge < -0.3 is 9.47 Å². The summed E-state index contributed by atoms with van der Waals surface area (Å²) in [5.74, 6) is 1.90. The first-order chi connectivity index (χ1) is 9.30. The summed E-state index contributed by atoms with van der Waals surface area (Å²) >= 11 is 0.